The summed E-state index contributed by atoms with van der Waals surface area (Å²) in [5.41, 5.74) is 2.36. The van der Waals surface area contributed by atoms with Gasteiger partial charge in [0.2, 0.25) is 0 Å². The summed E-state index contributed by atoms with van der Waals surface area (Å²) in [4.78, 5) is 2.12. The van der Waals surface area contributed by atoms with Crippen LogP contribution in [0.2, 0.25) is 0 Å². The maximum atomic E-state index is 14.7. The molecule has 0 N–H and O–H groups in total. The second-order valence-electron chi connectivity index (χ2n) is 6.74. The average molecular weight is 293 g/mol. The molecule has 0 spiro atoms. The van der Waals surface area contributed by atoms with Gasteiger partial charge in [-0.1, -0.05) is 37.3 Å². The highest BCUT2D eigenvalue weighted by molar-refractivity contribution is 5.18. The molecule has 2 heteroatoms. The first-order chi connectivity index (χ1) is 9.83. The molecule has 0 aromatic rings. The number of halogens is 1. The van der Waals surface area contributed by atoms with Crippen LogP contribution in [0, 0.1) is 17.8 Å². The Bertz CT molecular complexity index is 398. The van der Waals surface area contributed by atoms with Crippen molar-refractivity contribution < 1.29 is 4.39 Å². The van der Waals surface area contributed by atoms with E-state index in [9.17, 15) is 4.39 Å². The molecular weight excluding hydrogens is 261 g/mol. The normalized spacial score (nSPS) is 31.6. The second kappa shape index (κ2) is 7.82. The van der Waals surface area contributed by atoms with Gasteiger partial charge in [0.05, 0.1) is 0 Å². The molecule has 1 aliphatic carbocycles. The second-order valence-corrected chi connectivity index (χ2v) is 6.74. The molecule has 0 aromatic carbocycles. The third kappa shape index (κ3) is 4.21. The Hall–Kier alpha value is -1.05. The van der Waals surface area contributed by atoms with Crippen LogP contribution in [0.5, 0.6) is 0 Å². The zero-order valence-electron chi connectivity index (χ0n) is 14.4. The first-order valence-electron chi connectivity index (χ1n) is 8.12. The number of nitrogens with zero attached hydrogens (tertiary/aromatic N) is 1. The first kappa shape index (κ1) is 18.0. The van der Waals surface area contributed by atoms with Crippen LogP contribution in [0.15, 0.2) is 36.6 Å². The molecule has 0 bridgehead atoms. The minimum atomic E-state index is -0.761. The zero-order valence-corrected chi connectivity index (χ0v) is 14.4. The van der Waals surface area contributed by atoms with Gasteiger partial charge < -0.3 is 4.90 Å². The lowest BCUT2D eigenvalue weighted by molar-refractivity contribution is 0.0931. The number of hydrogen-bond donors (Lipinski definition) is 0. The fourth-order valence-electron chi connectivity index (χ4n) is 3.54. The molecule has 0 saturated heterocycles. The monoisotopic (exact) mass is 293 g/mol. The maximum absolute atomic E-state index is 14.7. The standard InChI is InChI=1S/C19H32FN/c1-8-16(12-15(6)21(7)9-2)17-11-10-14(5)19(20)18(17)13(3)4/h8-9,14-15,17-19H,2-3,10-12H2,1,4-7H3/b16-8-. The van der Waals surface area contributed by atoms with Crippen LogP contribution >= 0.6 is 0 Å². The van der Waals surface area contributed by atoms with Crippen LogP contribution in [0.3, 0.4) is 0 Å². The van der Waals surface area contributed by atoms with Gasteiger partial charge in [0.25, 0.3) is 0 Å². The van der Waals surface area contributed by atoms with E-state index in [0.717, 1.165) is 24.8 Å². The zero-order chi connectivity index (χ0) is 16.2. The number of allylic oxidation sites excluding steroid dienone is 2. The topological polar surface area (TPSA) is 3.24 Å². The van der Waals surface area contributed by atoms with Crippen LogP contribution in [0.1, 0.15) is 47.0 Å². The SMILES string of the molecule is C=CN(C)C(C)C/C(=C/C)C1CCC(C)C(F)C1C(=C)C. The molecular formula is C19H32FN. The summed E-state index contributed by atoms with van der Waals surface area (Å²) in [5, 5.41) is 0. The minimum Gasteiger partial charge on any atom is -0.378 e. The Balaban J connectivity index is 2.93. The molecule has 0 amide bonds. The predicted molar refractivity (Wildman–Crippen MR) is 90.9 cm³/mol. The molecule has 5 unspecified atom stereocenters. The Morgan fingerprint density at radius 1 is 1.43 bits per heavy atom. The third-order valence-corrected chi connectivity index (χ3v) is 5.18. The van der Waals surface area contributed by atoms with Gasteiger partial charge >= 0.3 is 0 Å². The average Bonchev–Trinajstić information content (AvgIpc) is 2.45. The van der Waals surface area contributed by atoms with E-state index in [0.29, 0.717) is 12.0 Å². The number of alkyl halides is 1. The van der Waals surface area contributed by atoms with E-state index in [2.05, 4.69) is 38.0 Å². The molecule has 0 aromatic heterocycles. The van der Waals surface area contributed by atoms with Crippen molar-refractivity contribution in [3.63, 3.8) is 0 Å². The van der Waals surface area contributed by atoms with Crippen molar-refractivity contribution >= 4 is 0 Å². The summed E-state index contributed by atoms with van der Waals surface area (Å²) in [7, 11) is 2.04. The molecule has 5 atom stereocenters. The van der Waals surface area contributed by atoms with Gasteiger partial charge in [-0.15, -0.1) is 0 Å². The van der Waals surface area contributed by atoms with Gasteiger partial charge in [0.1, 0.15) is 6.17 Å². The van der Waals surface area contributed by atoms with Crippen LogP contribution < -0.4 is 0 Å². The van der Waals surface area contributed by atoms with Gasteiger partial charge in [-0.2, -0.15) is 0 Å². The van der Waals surface area contributed by atoms with Gasteiger partial charge in [-0.3, -0.25) is 0 Å². The highest BCUT2D eigenvalue weighted by Gasteiger charge is 2.39. The van der Waals surface area contributed by atoms with E-state index >= 15 is 0 Å². The molecule has 0 aliphatic heterocycles. The van der Waals surface area contributed by atoms with Crippen LogP contribution in [0.25, 0.3) is 0 Å². The molecule has 1 fully saturated rings. The largest absolute Gasteiger partial charge is 0.378 e. The van der Waals surface area contributed by atoms with Crippen molar-refractivity contribution in [2.45, 2.75) is 59.2 Å². The molecule has 1 aliphatic rings. The molecule has 21 heavy (non-hydrogen) atoms. The fraction of sp³-hybridized carbons (Fsp3) is 0.684. The van der Waals surface area contributed by atoms with Crippen molar-refractivity contribution in [1.82, 2.24) is 4.90 Å². The molecule has 1 saturated carbocycles. The van der Waals surface area contributed by atoms with Crippen molar-refractivity contribution in [3.05, 3.63) is 36.6 Å². The van der Waals surface area contributed by atoms with E-state index in [-0.39, 0.29) is 11.8 Å². The van der Waals surface area contributed by atoms with Gasteiger partial charge in [0, 0.05) is 19.0 Å². The fourth-order valence-corrected chi connectivity index (χ4v) is 3.54. The van der Waals surface area contributed by atoms with E-state index in [1.54, 1.807) is 0 Å². The highest BCUT2D eigenvalue weighted by atomic mass is 19.1. The Morgan fingerprint density at radius 2 is 2.05 bits per heavy atom. The molecule has 0 heterocycles. The van der Waals surface area contributed by atoms with Crippen molar-refractivity contribution in [1.29, 1.82) is 0 Å². The lowest BCUT2D eigenvalue weighted by Gasteiger charge is -2.40. The minimum absolute atomic E-state index is 0.0267. The van der Waals surface area contributed by atoms with Gasteiger partial charge in [0.15, 0.2) is 0 Å². The van der Waals surface area contributed by atoms with Gasteiger partial charge in [-0.25, -0.2) is 4.39 Å². The Morgan fingerprint density at radius 3 is 2.52 bits per heavy atom. The van der Waals surface area contributed by atoms with Crippen molar-refractivity contribution in [2.24, 2.45) is 17.8 Å². The lowest BCUT2D eigenvalue weighted by atomic mass is 9.67. The summed E-state index contributed by atoms with van der Waals surface area (Å²) in [5.74, 6) is 0.426. The molecule has 0 radical (unpaired) electrons. The van der Waals surface area contributed by atoms with E-state index in [1.165, 1.54) is 5.57 Å². The van der Waals surface area contributed by atoms with Crippen LogP contribution in [-0.4, -0.2) is 24.2 Å². The van der Waals surface area contributed by atoms with Crippen LogP contribution in [0.4, 0.5) is 4.39 Å². The Kier molecular flexibility index (Phi) is 6.70. The summed E-state index contributed by atoms with van der Waals surface area (Å²) in [6.45, 7) is 16.2. The molecule has 120 valence electrons. The molecule has 1 nitrogen and oxygen atoms in total. The molecule has 1 rings (SSSR count). The Labute approximate surface area is 130 Å². The van der Waals surface area contributed by atoms with Crippen molar-refractivity contribution in [3.8, 4) is 0 Å². The summed E-state index contributed by atoms with van der Waals surface area (Å²) in [6, 6.07) is 0.386. The smallest absolute Gasteiger partial charge is 0.110 e. The summed E-state index contributed by atoms with van der Waals surface area (Å²) in [6.07, 6.45) is 6.30. The van der Waals surface area contributed by atoms with E-state index in [1.807, 2.05) is 27.1 Å². The quantitative estimate of drug-likeness (QED) is 0.596. The van der Waals surface area contributed by atoms with Gasteiger partial charge in [-0.05, 0) is 58.1 Å². The highest BCUT2D eigenvalue weighted by Crippen LogP contribution is 2.44. The van der Waals surface area contributed by atoms with Crippen molar-refractivity contribution in [2.75, 3.05) is 7.05 Å². The van der Waals surface area contributed by atoms with Crippen LogP contribution in [-0.2, 0) is 0 Å². The third-order valence-electron chi connectivity index (χ3n) is 5.18. The lowest BCUT2D eigenvalue weighted by Crippen LogP contribution is -2.37. The number of rotatable bonds is 6. The first-order valence-corrected chi connectivity index (χ1v) is 8.12. The summed E-state index contributed by atoms with van der Waals surface area (Å²) < 4.78 is 14.7. The van der Waals surface area contributed by atoms with E-state index < -0.39 is 6.17 Å². The van der Waals surface area contributed by atoms with E-state index in [4.69, 9.17) is 0 Å². The number of hydrogen-bond acceptors (Lipinski definition) is 1. The maximum Gasteiger partial charge on any atom is 0.110 e. The summed E-state index contributed by atoms with van der Waals surface area (Å²) >= 11 is 0. The predicted octanol–water partition coefficient (Wildman–Crippen LogP) is 5.36.